The van der Waals surface area contributed by atoms with Gasteiger partial charge in [0.15, 0.2) is 0 Å². The van der Waals surface area contributed by atoms with Crippen LogP contribution in [0.2, 0.25) is 0 Å². The number of pyridine rings is 1. The van der Waals surface area contributed by atoms with Gasteiger partial charge in [-0.25, -0.2) is 4.79 Å². The molecule has 6 heteroatoms. The Kier molecular flexibility index (Phi) is 5.79. The minimum absolute atomic E-state index is 0.0476. The standard InChI is InChI=1S/C20H30N4O2/c1-3-16(2)22-19(26)23-12-9-20(10-13-23)8-7-18(25)24(15-20)14-17-6-4-5-11-21-17/h4-6,11,16H,3,7-10,12-15H2,1-2H3,(H,22,26)/t16-/m1/s1. The zero-order valence-electron chi connectivity index (χ0n) is 15.9. The number of urea groups is 1. The van der Waals surface area contributed by atoms with Crippen molar-refractivity contribution in [3.63, 3.8) is 0 Å². The maximum Gasteiger partial charge on any atom is 0.317 e. The summed E-state index contributed by atoms with van der Waals surface area (Å²) in [5.41, 5.74) is 1.08. The first-order valence-corrected chi connectivity index (χ1v) is 9.74. The Bertz CT molecular complexity index is 626. The molecule has 3 amide bonds. The van der Waals surface area contributed by atoms with Gasteiger partial charge in [0.1, 0.15) is 0 Å². The van der Waals surface area contributed by atoms with Crippen LogP contribution in [0.1, 0.15) is 51.6 Å². The molecule has 0 radical (unpaired) electrons. The molecule has 2 aliphatic rings. The predicted octanol–water partition coefficient (Wildman–Crippen LogP) is 2.79. The molecule has 0 bridgehead atoms. The molecule has 3 heterocycles. The molecular formula is C20H30N4O2. The topological polar surface area (TPSA) is 65.5 Å². The number of amides is 3. The number of carbonyl (C=O) groups excluding carboxylic acids is 2. The van der Waals surface area contributed by atoms with E-state index in [1.54, 1.807) is 6.20 Å². The van der Waals surface area contributed by atoms with Crippen molar-refractivity contribution in [2.24, 2.45) is 5.41 Å². The monoisotopic (exact) mass is 358 g/mol. The lowest BCUT2D eigenvalue weighted by Crippen LogP contribution is -2.54. The van der Waals surface area contributed by atoms with Gasteiger partial charge in [0.25, 0.3) is 0 Å². The van der Waals surface area contributed by atoms with Crippen molar-refractivity contribution in [2.75, 3.05) is 19.6 Å². The molecule has 2 fully saturated rings. The lowest BCUT2D eigenvalue weighted by Gasteiger charge is -2.47. The van der Waals surface area contributed by atoms with E-state index in [1.807, 2.05) is 34.9 Å². The van der Waals surface area contributed by atoms with Crippen LogP contribution in [0, 0.1) is 5.41 Å². The average Bonchev–Trinajstić information content (AvgIpc) is 2.66. The fourth-order valence-corrected chi connectivity index (χ4v) is 3.93. The quantitative estimate of drug-likeness (QED) is 0.900. The van der Waals surface area contributed by atoms with Crippen LogP contribution in [0.3, 0.4) is 0 Å². The molecule has 1 N–H and O–H groups in total. The molecule has 3 rings (SSSR count). The molecule has 26 heavy (non-hydrogen) atoms. The number of hydrogen-bond donors (Lipinski definition) is 1. The van der Waals surface area contributed by atoms with Crippen LogP contribution in [-0.4, -0.2) is 52.4 Å². The normalized spacial score (nSPS) is 20.9. The number of nitrogens with one attached hydrogen (secondary N) is 1. The van der Waals surface area contributed by atoms with Gasteiger partial charge >= 0.3 is 6.03 Å². The van der Waals surface area contributed by atoms with Crippen molar-refractivity contribution in [1.82, 2.24) is 20.1 Å². The highest BCUT2D eigenvalue weighted by Crippen LogP contribution is 2.40. The second kappa shape index (κ2) is 8.06. The van der Waals surface area contributed by atoms with Gasteiger partial charge in [-0.15, -0.1) is 0 Å². The summed E-state index contributed by atoms with van der Waals surface area (Å²) in [6, 6.07) is 6.08. The molecule has 1 aromatic rings. The van der Waals surface area contributed by atoms with Crippen molar-refractivity contribution in [3.8, 4) is 0 Å². The average molecular weight is 358 g/mol. The maximum absolute atomic E-state index is 12.4. The van der Waals surface area contributed by atoms with Gasteiger partial charge in [0.2, 0.25) is 5.91 Å². The van der Waals surface area contributed by atoms with Crippen molar-refractivity contribution in [1.29, 1.82) is 0 Å². The van der Waals surface area contributed by atoms with Crippen LogP contribution in [0.25, 0.3) is 0 Å². The third kappa shape index (κ3) is 4.34. The molecule has 0 aromatic carbocycles. The number of nitrogens with zero attached hydrogens (tertiary/aromatic N) is 3. The van der Waals surface area contributed by atoms with E-state index in [0.717, 1.165) is 51.0 Å². The first-order valence-electron chi connectivity index (χ1n) is 9.74. The molecule has 0 aliphatic carbocycles. The smallest absolute Gasteiger partial charge is 0.317 e. The van der Waals surface area contributed by atoms with Crippen molar-refractivity contribution in [3.05, 3.63) is 30.1 Å². The predicted molar refractivity (Wildman–Crippen MR) is 100 cm³/mol. The fraction of sp³-hybridized carbons (Fsp3) is 0.650. The number of hydrogen-bond acceptors (Lipinski definition) is 3. The minimum Gasteiger partial charge on any atom is -0.336 e. The summed E-state index contributed by atoms with van der Waals surface area (Å²) in [5, 5.41) is 3.05. The summed E-state index contributed by atoms with van der Waals surface area (Å²) in [6.07, 6.45) is 6.18. The van der Waals surface area contributed by atoms with Crippen LogP contribution in [0.4, 0.5) is 4.79 Å². The Balaban J connectivity index is 1.57. The number of likely N-dealkylation sites (tertiary alicyclic amines) is 2. The molecular weight excluding hydrogens is 328 g/mol. The molecule has 0 unspecified atom stereocenters. The summed E-state index contributed by atoms with van der Waals surface area (Å²) in [7, 11) is 0. The SMILES string of the molecule is CC[C@@H](C)NC(=O)N1CCC2(CCC(=O)N(Cc3ccccn3)C2)CC1. The molecule has 0 saturated carbocycles. The molecule has 2 aliphatic heterocycles. The van der Waals surface area contributed by atoms with Gasteiger partial charge in [0, 0.05) is 38.3 Å². The van der Waals surface area contributed by atoms with E-state index in [9.17, 15) is 9.59 Å². The Hall–Kier alpha value is -2.11. The van der Waals surface area contributed by atoms with Gasteiger partial charge < -0.3 is 15.1 Å². The van der Waals surface area contributed by atoms with E-state index in [-0.39, 0.29) is 23.4 Å². The van der Waals surface area contributed by atoms with E-state index in [1.165, 1.54) is 0 Å². The third-order valence-corrected chi connectivity index (χ3v) is 5.92. The van der Waals surface area contributed by atoms with Crippen molar-refractivity contribution < 1.29 is 9.59 Å². The van der Waals surface area contributed by atoms with Crippen LogP contribution in [-0.2, 0) is 11.3 Å². The Morgan fingerprint density at radius 2 is 2.08 bits per heavy atom. The zero-order chi connectivity index (χ0) is 18.6. The summed E-state index contributed by atoms with van der Waals surface area (Å²) >= 11 is 0. The summed E-state index contributed by atoms with van der Waals surface area (Å²) in [4.78, 5) is 33.0. The van der Waals surface area contributed by atoms with Gasteiger partial charge in [-0.2, -0.15) is 0 Å². The van der Waals surface area contributed by atoms with E-state index in [2.05, 4.69) is 17.2 Å². The lowest BCUT2D eigenvalue weighted by molar-refractivity contribution is -0.139. The molecule has 2 saturated heterocycles. The highest BCUT2D eigenvalue weighted by Gasteiger charge is 2.41. The van der Waals surface area contributed by atoms with E-state index >= 15 is 0 Å². The van der Waals surface area contributed by atoms with E-state index in [0.29, 0.717) is 13.0 Å². The number of rotatable bonds is 4. The molecule has 1 spiro atoms. The number of piperidine rings is 2. The molecule has 1 aromatic heterocycles. The highest BCUT2D eigenvalue weighted by molar-refractivity contribution is 5.77. The van der Waals surface area contributed by atoms with E-state index < -0.39 is 0 Å². The first kappa shape index (κ1) is 18.7. The Morgan fingerprint density at radius 3 is 2.73 bits per heavy atom. The minimum atomic E-state index is 0.0476. The van der Waals surface area contributed by atoms with Gasteiger partial charge in [-0.1, -0.05) is 13.0 Å². The molecule has 142 valence electrons. The van der Waals surface area contributed by atoms with Crippen molar-refractivity contribution in [2.45, 2.75) is 58.5 Å². The second-order valence-electron chi connectivity index (χ2n) is 7.82. The molecule has 6 nitrogen and oxygen atoms in total. The largest absolute Gasteiger partial charge is 0.336 e. The zero-order valence-corrected chi connectivity index (χ0v) is 15.9. The first-order chi connectivity index (χ1) is 12.5. The highest BCUT2D eigenvalue weighted by atomic mass is 16.2. The van der Waals surface area contributed by atoms with Crippen LogP contribution >= 0.6 is 0 Å². The summed E-state index contributed by atoms with van der Waals surface area (Å²) in [5.74, 6) is 0.221. The summed E-state index contributed by atoms with van der Waals surface area (Å²) < 4.78 is 0. The second-order valence-corrected chi connectivity index (χ2v) is 7.82. The number of aromatic nitrogens is 1. The van der Waals surface area contributed by atoms with Crippen molar-refractivity contribution >= 4 is 11.9 Å². The van der Waals surface area contributed by atoms with Crippen LogP contribution in [0.15, 0.2) is 24.4 Å². The van der Waals surface area contributed by atoms with E-state index in [4.69, 9.17) is 0 Å². The maximum atomic E-state index is 12.4. The van der Waals surface area contributed by atoms with Gasteiger partial charge in [0.05, 0.1) is 12.2 Å². The molecule has 1 atom stereocenters. The Labute approximate surface area is 156 Å². The summed E-state index contributed by atoms with van der Waals surface area (Å²) in [6.45, 7) is 7.02. The lowest BCUT2D eigenvalue weighted by atomic mass is 9.72. The third-order valence-electron chi connectivity index (χ3n) is 5.92. The van der Waals surface area contributed by atoms with Gasteiger partial charge in [-0.3, -0.25) is 9.78 Å². The Morgan fingerprint density at radius 1 is 1.31 bits per heavy atom. The van der Waals surface area contributed by atoms with Crippen LogP contribution in [0.5, 0.6) is 0 Å². The van der Waals surface area contributed by atoms with Crippen LogP contribution < -0.4 is 5.32 Å². The number of carbonyl (C=O) groups is 2. The fourth-order valence-electron chi connectivity index (χ4n) is 3.93. The van der Waals surface area contributed by atoms with Gasteiger partial charge in [-0.05, 0) is 50.2 Å².